The van der Waals surface area contributed by atoms with E-state index in [1.165, 1.54) is 5.56 Å². The molecule has 1 unspecified atom stereocenters. The first-order chi connectivity index (χ1) is 6.23. The average Bonchev–Trinajstić information content (AvgIpc) is 2.18. The molecular formula is C11H9OS. The average molecular weight is 189 g/mol. The number of ether oxygens (including phenoxy) is 1. The SMILES string of the molecule is [C]#CC1(S)CCc2ccccc2O1. The molecule has 1 aliphatic rings. The molecule has 13 heavy (non-hydrogen) atoms. The van der Waals surface area contributed by atoms with Gasteiger partial charge in [0.1, 0.15) is 5.75 Å². The lowest BCUT2D eigenvalue weighted by atomic mass is 10.0. The van der Waals surface area contributed by atoms with Crippen molar-refractivity contribution in [3.05, 3.63) is 36.3 Å². The van der Waals surface area contributed by atoms with Gasteiger partial charge >= 0.3 is 0 Å². The maximum absolute atomic E-state index is 7.08. The monoisotopic (exact) mass is 189 g/mol. The third-order valence-corrected chi connectivity index (χ3v) is 2.61. The van der Waals surface area contributed by atoms with E-state index in [4.69, 9.17) is 11.2 Å². The van der Waals surface area contributed by atoms with Crippen LogP contribution >= 0.6 is 12.6 Å². The lowest BCUT2D eigenvalue weighted by molar-refractivity contribution is 0.197. The highest BCUT2D eigenvalue weighted by molar-refractivity contribution is 7.82. The summed E-state index contributed by atoms with van der Waals surface area (Å²) in [5.41, 5.74) is 1.18. The maximum Gasteiger partial charge on any atom is 0.214 e. The fraction of sp³-hybridized carbons (Fsp3) is 0.273. The summed E-state index contributed by atoms with van der Waals surface area (Å²) in [4.78, 5) is -0.825. The number of aryl methyl sites for hydroxylation is 1. The van der Waals surface area contributed by atoms with Crippen molar-refractivity contribution in [3.63, 3.8) is 0 Å². The Balaban J connectivity index is 2.36. The number of benzene rings is 1. The molecular weight excluding hydrogens is 180 g/mol. The first-order valence-electron chi connectivity index (χ1n) is 4.17. The standard InChI is InChI=1S/C11H9OS/c1-2-11(13)8-7-9-5-3-4-6-10(9)12-11/h3-6,13H,7-8H2. The highest BCUT2D eigenvalue weighted by Crippen LogP contribution is 2.34. The smallest absolute Gasteiger partial charge is 0.214 e. The summed E-state index contributed by atoms with van der Waals surface area (Å²) in [5.74, 6) is 3.14. The van der Waals surface area contributed by atoms with E-state index in [-0.39, 0.29) is 0 Å². The molecule has 0 spiro atoms. The number of para-hydroxylation sites is 1. The van der Waals surface area contributed by atoms with Gasteiger partial charge in [0.15, 0.2) is 0 Å². The minimum absolute atomic E-state index is 0.705. The zero-order valence-electron chi connectivity index (χ0n) is 7.08. The van der Waals surface area contributed by atoms with Crippen LogP contribution < -0.4 is 4.74 Å². The van der Waals surface area contributed by atoms with Gasteiger partial charge in [0, 0.05) is 6.42 Å². The van der Waals surface area contributed by atoms with E-state index in [0.717, 1.165) is 12.2 Å². The predicted molar refractivity (Wildman–Crippen MR) is 54.2 cm³/mol. The van der Waals surface area contributed by atoms with Crippen molar-refractivity contribution in [1.29, 1.82) is 0 Å². The second kappa shape index (κ2) is 3.01. The molecule has 1 aliphatic heterocycles. The summed E-state index contributed by atoms with van der Waals surface area (Å²) < 4.78 is 5.53. The van der Waals surface area contributed by atoms with Gasteiger partial charge in [0.25, 0.3) is 0 Å². The van der Waals surface area contributed by atoms with Crippen LogP contribution in [0.5, 0.6) is 5.75 Å². The molecule has 1 atom stereocenters. The Labute approximate surface area is 83.5 Å². The van der Waals surface area contributed by atoms with Crippen LogP contribution in [0.3, 0.4) is 0 Å². The molecule has 2 rings (SSSR count). The molecule has 1 aromatic rings. The van der Waals surface area contributed by atoms with Gasteiger partial charge in [-0.25, -0.2) is 0 Å². The lowest BCUT2D eigenvalue weighted by Crippen LogP contribution is -2.31. The third-order valence-electron chi connectivity index (χ3n) is 2.18. The second-order valence-electron chi connectivity index (χ2n) is 3.12. The van der Waals surface area contributed by atoms with Gasteiger partial charge in [-0.1, -0.05) is 18.2 Å². The summed E-state index contributed by atoms with van der Waals surface area (Å²) in [6.07, 6.45) is 8.68. The first kappa shape index (κ1) is 8.52. The summed E-state index contributed by atoms with van der Waals surface area (Å²) in [7, 11) is 0. The Morgan fingerprint density at radius 3 is 3.00 bits per heavy atom. The molecule has 1 heterocycles. The molecule has 0 bridgehead atoms. The highest BCUT2D eigenvalue weighted by Gasteiger charge is 2.30. The Hall–Kier alpha value is -1.07. The summed E-state index contributed by atoms with van der Waals surface area (Å²) in [6.45, 7) is 0. The van der Waals surface area contributed by atoms with E-state index in [0.29, 0.717) is 6.42 Å². The van der Waals surface area contributed by atoms with Crippen molar-refractivity contribution < 1.29 is 4.74 Å². The topological polar surface area (TPSA) is 9.23 Å². The highest BCUT2D eigenvalue weighted by atomic mass is 32.1. The largest absolute Gasteiger partial charge is 0.465 e. The quantitative estimate of drug-likeness (QED) is 0.486. The van der Waals surface area contributed by atoms with Crippen LogP contribution in [0, 0.1) is 12.3 Å². The molecule has 0 amide bonds. The zero-order valence-corrected chi connectivity index (χ0v) is 7.97. The van der Waals surface area contributed by atoms with E-state index < -0.39 is 4.93 Å². The Morgan fingerprint density at radius 2 is 2.23 bits per heavy atom. The molecule has 0 aromatic heterocycles. The van der Waals surface area contributed by atoms with E-state index in [9.17, 15) is 0 Å². The predicted octanol–water partition coefficient (Wildman–Crippen LogP) is 2.23. The number of fused-ring (bicyclic) bond motifs is 1. The van der Waals surface area contributed by atoms with Crippen LogP contribution in [-0.2, 0) is 6.42 Å². The minimum atomic E-state index is -0.825. The van der Waals surface area contributed by atoms with Gasteiger partial charge in [-0.15, -0.1) is 12.6 Å². The van der Waals surface area contributed by atoms with Crippen LogP contribution in [-0.4, -0.2) is 4.93 Å². The molecule has 0 fully saturated rings. The molecule has 1 radical (unpaired) electrons. The van der Waals surface area contributed by atoms with Crippen molar-refractivity contribution in [2.24, 2.45) is 0 Å². The normalized spacial score (nSPS) is 25.5. The van der Waals surface area contributed by atoms with Crippen molar-refractivity contribution in [1.82, 2.24) is 0 Å². The van der Waals surface area contributed by atoms with Crippen LogP contribution in [0.2, 0.25) is 0 Å². The second-order valence-corrected chi connectivity index (χ2v) is 3.84. The fourth-order valence-electron chi connectivity index (χ4n) is 1.43. The molecule has 65 valence electrons. The molecule has 1 aromatic carbocycles. The van der Waals surface area contributed by atoms with Gasteiger partial charge in [-0.05, 0) is 30.4 Å². The van der Waals surface area contributed by atoms with Crippen LogP contribution in [0.15, 0.2) is 24.3 Å². The molecule has 1 nitrogen and oxygen atoms in total. The molecule has 0 N–H and O–H groups in total. The Kier molecular flexibility index (Phi) is 1.97. The van der Waals surface area contributed by atoms with E-state index >= 15 is 0 Å². The minimum Gasteiger partial charge on any atom is -0.465 e. The lowest BCUT2D eigenvalue weighted by Gasteiger charge is -2.30. The van der Waals surface area contributed by atoms with Gasteiger partial charge in [-0.2, -0.15) is 0 Å². The summed E-state index contributed by atoms with van der Waals surface area (Å²) >= 11 is 4.25. The van der Waals surface area contributed by atoms with Crippen LogP contribution in [0.1, 0.15) is 12.0 Å². The molecule has 0 saturated heterocycles. The third kappa shape index (κ3) is 1.52. The Bertz CT molecular complexity index is 367. The van der Waals surface area contributed by atoms with Crippen LogP contribution in [0.25, 0.3) is 0 Å². The van der Waals surface area contributed by atoms with Gasteiger partial charge in [0.05, 0.1) is 0 Å². The van der Waals surface area contributed by atoms with Crippen LogP contribution in [0.4, 0.5) is 0 Å². The first-order valence-corrected chi connectivity index (χ1v) is 4.61. The van der Waals surface area contributed by atoms with Gasteiger partial charge < -0.3 is 4.74 Å². The fourth-order valence-corrected chi connectivity index (χ4v) is 1.65. The summed E-state index contributed by atoms with van der Waals surface area (Å²) in [5, 5.41) is 0. The zero-order chi connectivity index (χ0) is 9.31. The molecule has 0 aliphatic carbocycles. The van der Waals surface area contributed by atoms with Gasteiger partial charge in [0.2, 0.25) is 4.93 Å². The van der Waals surface area contributed by atoms with E-state index in [2.05, 4.69) is 18.5 Å². The maximum atomic E-state index is 7.08. The number of thiol groups is 1. The van der Waals surface area contributed by atoms with E-state index in [1.807, 2.05) is 24.3 Å². The number of hydrogen-bond acceptors (Lipinski definition) is 2. The van der Waals surface area contributed by atoms with Crippen molar-refractivity contribution in [3.8, 4) is 11.7 Å². The Morgan fingerprint density at radius 1 is 1.46 bits per heavy atom. The van der Waals surface area contributed by atoms with Crippen molar-refractivity contribution >= 4 is 12.6 Å². The number of hydrogen-bond donors (Lipinski definition) is 1. The number of rotatable bonds is 0. The van der Waals surface area contributed by atoms with E-state index in [1.54, 1.807) is 0 Å². The molecule has 2 heteroatoms. The summed E-state index contributed by atoms with van der Waals surface area (Å²) in [6, 6.07) is 7.84. The van der Waals surface area contributed by atoms with Gasteiger partial charge in [-0.3, -0.25) is 0 Å². The van der Waals surface area contributed by atoms with Crippen molar-refractivity contribution in [2.45, 2.75) is 17.8 Å². The molecule has 0 saturated carbocycles. The van der Waals surface area contributed by atoms with Crippen molar-refractivity contribution in [2.75, 3.05) is 0 Å².